The van der Waals surface area contributed by atoms with Crippen molar-refractivity contribution in [3.05, 3.63) is 34.9 Å². The molecule has 1 rings (SSSR count). The zero-order valence-corrected chi connectivity index (χ0v) is 9.52. The molecule has 0 fully saturated rings. The smallest absolute Gasteiger partial charge is 0.163 e. The molecule has 0 N–H and O–H groups in total. The highest BCUT2D eigenvalue weighted by atomic mass is 79.9. The molecule has 1 aromatic rings. The van der Waals surface area contributed by atoms with Crippen LogP contribution in [0.1, 0.15) is 27.9 Å². The maximum atomic E-state index is 11.5. The summed E-state index contributed by atoms with van der Waals surface area (Å²) in [5, 5.41) is 0.735. The molecule has 70 valence electrons. The van der Waals surface area contributed by atoms with Crippen LogP contribution in [-0.4, -0.2) is 11.1 Å². The second-order valence-electron chi connectivity index (χ2n) is 3.18. The summed E-state index contributed by atoms with van der Waals surface area (Å²) in [6.45, 7) is 4.01. The largest absolute Gasteiger partial charge is 0.294 e. The summed E-state index contributed by atoms with van der Waals surface area (Å²) in [7, 11) is 0. The van der Waals surface area contributed by atoms with E-state index in [1.54, 1.807) is 0 Å². The number of benzene rings is 1. The SMILES string of the molecule is Cc1ccc(C(=O)CCBr)c(C)c1. The maximum Gasteiger partial charge on any atom is 0.163 e. The standard InChI is InChI=1S/C11H13BrO/c1-8-3-4-10(9(2)7-8)11(13)5-6-12/h3-4,7H,5-6H2,1-2H3. The highest BCUT2D eigenvalue weighted by Gasteiger charge is 2.07. The van der Waals surface area contributed by atoms with Crippen LogP contribution in [0.25, 0.3) is 0 Å². The summed E-state index contributed by atoms with van der Waals surface area (Å²) in [6.07, 6.45) is 0.573. The van der Waals surface area contributed by atoms with Crippen molar-refractivity contribution < 1.29 is 4.79 Å². The monoisotopic (exact) mass is 240 g/mol. The molecule has 0 aromatic heterocycles. The van der Waals surface area contributed by atoms with E-state index >= 15 is 0 Å². The molecule has 0 unspecified atom stereocenters. The van der Waals surface area contributed by atoms with Gasteiger partial charge in [0.1, 0.15) is 0 Å². The van der Waals surface area contributed by atoms with Gasteiger partial charge in [0, 0.05) is 17.3 Å². The molecule has 0 spiro atoms. The van der Waals surface area contributed by atoms with E-state index in [-0.39, 0.29) is 5.78 Å². The first-order valence-electron chi connectivity index (χ1n) is 4.31. The van der Waals surface area contributed by atoms with Crippen molar-refractivity contribution in [3.63, 3.8) is 0 Å². The number of alkyl halides is 1. The van der Waals surface area contributed by atoms with Gasteiger partial charge in [0.15, 0.2) is 5.78 Å². The lowest BCUT2D eigenvalue weighted by Crippen LogP contribution is -2.02. The number of hydrogen-bond donors (Lipinski definition) is 0. The summed E-state index contributed by atoms with van der Waals surface area (Å²) >= 11 is 3.27. The van der Waals surface area contributed by atoms with Gasteiger partial charge in [0.05, 0.1) is 0 Å². The van der Waals surface area contributed by atoms with E-state index in [9.17, 15) is 4.79 Å². The number of Topliss-reactive ketones (excluding diaryl/α,β-unsaturated/α-hetero) is 1. The van der Waals surface area contributed by atoms with Crippen LogP contribution in [-0.2, 0) is 0 Å². The second kappa shape index (κ2) is 4.56. The predicted octanol–water partition coefficient (Wildman–Crippen LogP) is 3.27. The Bertz CT molecular complexity index is 318. The van der Waals surface area contributed by atoms with Gasteiger partial charge in [-0.15, -0.1) is 0 Å². The summed E-state index contributed by atoms with van der Waals surface area (Å²) in [4.78, 5) is 11.5. The minimum atomic E-state index is 0.217. The molecule has 13 heavy (non-hydrogen) atoms. The lowest BCUT2D eigenvalue weighted by molar-refractivity contribution is 0.0989. The number of rotatable bonds is 3. The van der Waals surface area contributed by atoms with Crippen LogP contribution in [0, 0.1) is 13.8 Å². The molecular formula is C11H13BrO. The van der Waals surface area contributed by atoms with Crippen molar-refractivity contribution in [2.75, 3.05) is 5.33 Å². The van der Waals surface area contributed by atoms with Crippen LogP contribution in [0.15, 0.2) is 18.2 Å². The average molecular weight is 241 g/mol. The molecule has 0 saturated heterocycles. The van der Waals surface area contributed by atoms with Crippen molar-refractivity contribution >= 4 is 21.7 Å². The average Bonchev–Trinajstić information content (AvgIpc) is 2.04. The van der Waals surface area contributed by atoms with Crippen LogP contribution >= 0.6 is 15.9 Å². The highest BCUT2D eigenvalue weighted by Crippen LogP contribution is 2.13. The molecule has 0 heterocycles. The van der Waals surface area contributed by atoms with Crippen molar-refractivity contribution in [2.45, 2.75) is 20.3 Å². The molecule has 0 amide bonds. The topological polar surface area (TPSA) is 17.1 Å². The number of hydrogen-bond acceptors (Lipinski definition) is 1. The fraction of sp³-hybridized carbons (Fsp3) is 0.364. The normalized spacial score (nSPS) is 10.1. The van der Waals surface area contributed by atoms with Crippen LogP contribution in [0.5, 0.6) is 0 Å². The fourth-order valence-electron chi connectivity index (χ4n) is 1.35. The van der Waals surface area contributed by atoms with Crippen molar-refractivity contribution in [1.29, 1.82) is 0 Å². The quantitative estimate of drug-likeness (QED) is 0.586. The molecule has 1 aromatic carbocycles. The summed E-state index contributed by atoms with van der Waals surface area (Å²) in [5.74, 6) is 0.217. The van der Waals surface area contributed by atoms with Gasteiger partial charge in [-0.05, 0) is 19.4 Å². The van der Waals surface area contributed by atoms with Crippen molar-refractivity contribution in [3.8, 4) is 0 Å². The molecule has 0 saturated carbocycles. The summed E-state index contributed by atoms with van der Waals surface area (Å²) < 4.78 is 0. The Balaban J connectivity index is 2.95. The zero-order valence-electron chi connectivity index (χ0n) is 7.93. The van der Waals surface area contributed by atoms with Crippen molar-refractivity contribution in [1.82, 2.24) is 0 Å². The van der Waals surface area contributed by atoms with Gasteiger partial charge in [-0.25, -0.2) is 0 Å². The number of ketones is 1. The van der Waals surface area contributed by atoms with E-state index in [1.807, 2.05) is 32.0 Å². The Hall–Kier alpha value is -0.630. The number of aryl methyl sites for hydroxylation is 2. The molecule has 0 aliphatic carbocycles. The van der Waals surface area contributed by atoms with E-state index in [0.717, 1.165) is 16.5 Å². The Morgan fingerprint density at radius 2 is 2.08 bits per heavy atom. The first-order valence-corrected chi connectivity index (χ1v) is 5.43. The second-order valence-corrected chi connectivity index (χ2v) is 3.97. The molecule has 0 aliphatic rings. The molecule has 0 atom stereocenters. The molecule has 0 aliphatic heterocycles. The highest BCUT2D eigenvalue weighted by molar-refractivity contribution is 9.09. The Morgan fingerprint density at radius 1 is 1.38 bits per heavy atom. The van der Waals surface area contributed by atoms with E-state index in [0.29, 0.717) is 6.42 Å². The van der Waals surface area contributed by atoms with Crippen LogP contribution in [0.4, 0.5) is 0 Å². The molecule has 1 nitrogen and oxygen atoms in total. The maximum absolute atomic E-state index is 11.5. The van der Waals surface area contributed by atoms with Gasteiger partial charge >= 0.3 is 0 Å². The number of halogens is 1. The summed E-state index contributed by atoms with van der Waals surface area (Å²) in [5.41, 5.74) is 3.13. The number of carbonyl (C=O) groups excluding carboxylic acids is 1. The van der Waals surface area contributed by atoms with Crippen molar-refractivity contribution in [2.24, 2.45) is 0 Å². The van der Waals surface area contributed by atoms with Gasteiger partial charge in [0.25, 0.3) is 0 Å². The minimum absolute atomic E-state index is 0.217. The third-order valence-corrected chi connectivity index (χ3v) is 2.40. The molecular weight excluding hydrogens is 228 g/mol. The lowest BCUT2D eigenvalue weighted by atomic mass is 10.0. The Kier molecular flexibility index (Phi) is 3.67. The number of carbonyl (C=O) groups is 1. The van der Waals surface area contributed by atoms with Gasteiger partial charge in [-0.3, -0.25) is 4.79 Å². The molecule has 0 radical (unpaired) electrons. The van der Waals surface area contributed by atoms with Gasteiger partial charge in [-0.1, -0.05) is 39.7 Å². The third kappa shape index (κ3) is 2.66. The first kappa shape index (κ1) is 10.5. The Labute approximate surface area is 87.3 Å². The van der Waals surface area contributed by atoms with Crippen LogP contribution < -0.4 is 0 Å². The van der Waals surface area contributed by atoms with E-state index in [4.69, 9.17) is 0 Å². The van der Waals surface area contributed by atoms with Gasteiger partial charge < -0.3 is 0 Å². The summed E-state index contributed by atoms with van der Waals surface area (Å²) in [6, 6.07) is 5.94. The zero-order chi connectivity index (χ0) is 9.84. The fourth-order valence-corrected chi connectivity index (χ4v) is 1.71. The predicted molar refractivity (Wildman–Crippen MR) is 58.7 cm³/mol. The first-order chi connectivity index (χ1) is 6.15. The molecule has 2 heteroatoms. The third-order valence-electron chi connectivity index (χ3n) is 2.00. The van der Waals surface area contributed by atoms with Gasteiger partial charge in [-0.2, -0.15) is 0 Å². The Morgan fingerprint density at radius 3 is 2.62 bits per heavy atom. The molecule has 0 bridgehead atoms. The van der Waals surface area contributed by atoms with E-state index < -0.39 is 0 Å². The van der Waals surface area contributed by atoms with Crippen LogP contribution in [0.2, 0.25) is 0 Å². The van der Waals surface area contributed by atoms with E-state index in [1.165, 1.54) is 5.56 Å². The lowest BCUT2D eigenvalue weighted by Gasteiger charge is -2.04. The van der Waals surface area contributed by atoms with Crippen LogP contribution in [0.3, 0.4) is 0 Å². The van der Waals surface area contributed by atoms with E-state index in [2.05, 4.69) is 15.9 Å². The minimum Gasteiger partial charge on any atom is -0.294 e. The van der Waals surface area contributed by atoms with Gasteiger partial charge in [0.2, 0.25) is 0 Å².